The molecule has 1 nitrogen and oxygen atoms in total. The number of nitriles is 1. The third-order valence-electron chi connectivity index (χ3n) is 3.20. The zero-order chi connectivity index (χ0) is 10.1. The van der Waals surface area contributed by atoms with Crippen molar-refractivity contribution in [3.63, 3.8) is 0 Å². The van der Waals surface area contributed by atoms with Crippen LogP contribution in [0.4, 0.5) is 0 Å². The van der Waals surface area contributed by atoms with Crippen LogP contribution >= 0.6 is 11.6 Å². The second-order valence-electron chi connectivity index (χ2n) is 5.22. The van der Waals surface area contributed by atoms with Gasteiger partial charge < -0.3 is 0 Å². The van der Waals surface area contributed by atoms with Crippen LogP contribution in [0, 0.1) is 22.7 Å². The first-order chi connectivity index (χ1) is 5.87. The van der Waals surface area contributed by atoms with E-state index >= 15 is 0 Å². The van der Waals surface area contributed by atoms with E-state index in [1.54, 1.807) is 0 Å². The number of halogens is 1. The van der Waals surface area contributed by atoms with Gasteiger partial charge in [0.25, 0.3) is 0 Å². The molecule has 74 valence electrons. The summed E-state index contributed by atoms with van der Waals surface area (Å²) in [5.41, 5.74) is 0.369. The molecule has 1 rings (SSSR count). The maximum atomic E-state index is 8.86. The third kappa shape index (κ3) is 2.61. The molecule has 0 spiro atoms. The van der Waals surface area contributed by atoms with Crippen LogP contribution in [0.5, 0.6) is 0 Å². The monoisotopic (exact) mass is 199 g/mol. The van der Waals surface area contributed by atoms with Crippen LogP contribution in [-0.4, -0.2) is 4.87 Å². The fourth-order valence-corrected chi connectivity index (χ4v) is 2.27. The van der Waals surface area contributed by atoms with Crippen molar-refractivity contribution >= 4 is 11.6 Å². The number of rotatable bonds is 0. The summed E-state index contributed by atoms with van der Waals surface area (Å²) in [6, 6.07) is 2.22. The Morgan fingerprint density at radius 2 is 1.77 bits per heavy atom. The average Bonchev–Trinajstić information content (AvgIpc) is 2.04. The highest BCUT2D eigenvalue weighted by atomic mass is 35.5. The fourth-order valence-electron chi connectivity index (χ4n) is 2.05. The first-order valence-electron chi connectivity index (χ1n) is 4.97. The van der Waals surface area contributed by atoms with Crippen LogP contribution in [0.25, 0.3) is 0 Å². The second kappa shape index (κ2) is 3.50. The Morgan fingerprint density at radius 3 is 2.08 bits per heavy atom. The molecule has 2 heteroatoms. The molecule has 0 unspecified atom stereocenters. The molecular weight excluding hydrogens is 182 g/mol. The van der Waals surface area contributed by atoms with E-state index in [2.05, 4.69) is 26.8 Å². The summed E-state index contributed by atoms with van der Waals surface area (Å²) < 4.78 is 0. The average molecular weight is 200 g/mol. The molecule has 0 radical (unpaired) electrons. The highest BCUT2D eigenvalue weighted by molar-refractivity contribution is 6.25. The summed E-state index contributed by atoms with van der Waals surface area (Å²) >= 11 is 6.11. The van der Waals surface area contributed by atoms with Crippen LogP contribution in [0.15, 0.2) is 0 Å². The number of nitrogens with zero attached hydrogens (tertiary/aromatic N) is 1. The smallest absolute Gasteiger partial charge is 0.131 e. The van der Waals surface area contributed by atoms with E-state index in [1.165, 1.54) is 0 Å². The predicted octanol–water partition coefficient (Wildman–Crippen LogP) is 3.72. The lowest BCUT2D eigenvalue weighted by atomic mass is 9.70. The van der Waals surface area contributed by atoms with Crippen molar-refractivity contribution < 1.29 is 0 Å². The number of alkyl halides is 1. The minimum atomic E-state index is -0.554. The molecule has 0 aromatic rings. The van der Waals surface area contributed by atoms with E-state index in [9.17, 15) is 0 Å². The van der Waals surface area contributed by atoms with Crippen molar-refractivity contribution in [1.82, 2.24) is 0 Å². The lowest BCUT2D eigenvalue weighted by molar-refractivity contribution is 0.170. The second-order valence-corrected chi connectivity index (χ2v) is 5.94. The van der Waals surface area contributed by atoms with E-state index in [1.807, 2.05) is 0 Å². The maximum Gasteiger partial charge on any atom is 0.131 e. The molecule has 0 bridgehead atoms. The maximum absolute atomic E-state index is 8.86. The SMILES string of the molecule is CC(C)(C)C1CCC(Cl)(C#N)CC1. The Hall–Kier alpha value is -0.220. The van der Waals surface area contributed by atoms with Crippen molar-refractivity contribution in [2.45, 2.75) is 51.3 Å². The van der Waals surface area contributed by atoms with Gasteiger partial charge in [-0.3, -0.25) is 0 Å². The van der Waals surface area contributed by atoms with Crippen LogP contribution in [0.1, 0.15) is 46.5 Å². The molecular formula is C11H18ClN. The Morgan fingerprint density at radius 1 is 1.31 bits per heavy atom. The number of hydrogen-bond donors (Lipinski definition) is 0. The standard InChI is InChI=1S/C11H18ClN/c1-10(2,3)9-4-6-11(12,8-13)7-5-9/h9H,4-7H2,1-3H3. The van der Waals surface area contributed by atoms with Crippen molar-refractivity contribution in [1.29, 1.82) is 5.26 Å². The Kier molecular flexibility index (Phi) is 2.92. The molecule has 0 atom stereocenters. The number of hydrogen-bond acceptors (Lipinski definition) is 1. The van der Waals surface area contributed by atoms with Gasteiger partial charge in [0.2, 0.25) is 0 Å². The minimum Gasteiger partial charge on any atom is -0.196 e. The summed E-state index contributed by atoms with van der Waals surface area (Å²) in [6.07, 6.45) is 3.90. The van der Waals surface area contributed by atoms with E-state index < -0.39 is 4.87 Å². The molecule has 0 aromatic carbocycles. The lowest BCUT2D eigenvalue weighted by Crippen LogP contribution is -2.32. The van der Waals surface area contributed by atoms with Crippen LogP contribution in [0.3, 0.4) is 0 Å². The van der Waals surface area contributed by atoms with Crippen LogP contribution < -0.4 is 0 Å². The summed E-state index contributed by atoms with van der Waals surface area (Å²) in [5, 5.41) is 8.86. The molecule has 0 N–H and O–H groups in total. The molecule has 13 heavy (non-hydrogen) atoms. The highest BCUT2D eigenvalue weighted by Gasteiger charge is 2.37. The largest absolute Gasteiger partial charge is 0.196 e. The van der Waals surface area contributed by atoms with Gasteiger partial charge in [-0.2, -0.15) is 5.26 Å². The Labute approximate surface area is 86.1 Å². The highest BCUT2D eigenvalue weighted by Crippen LogP contribution is 2.43. The molecule has 0 amide bonds. The van der Waals surface area contributed by atoms with Crippen LogP contribution in [-0.2, 0) is 0 Å². The molecule has 0 aliphatic heterocycles. The molecule has 0 saturated heterocycles. The van der Waals surface area contributed by atoms with Crippen molar-refractivity contribution in [3.05, 3.63) is 0 Å². The first kappa shape index (κ1) is 10.9. The molecule has 1 fully saturated rings. The summed E-state index contributed by atoms with van der Waals surface area (Å²) in [4.78, 5) is -0.554. The normalized spacial score (nSPS) is 35.5. The van der Waals surface area contributed by atoms with Gasteiger partial charge in [-0.05, 0) is 37.0 Å². The third-order valence-corrected chi connectivity index (χ3v) is 3.67. The zero-order valence-corrected chi connectivity index (χ0v) is 9.49. The molecule has 1 aliphatic carbocycles. The van der Waals surface area contributed by atoms with Gasteiger partial charge in [-0.1, -0.05) is 20.8 Å². The summed E-state index contributed by atoms with van der Waals surface area (Å²) in [7, 11) is 0. The van der Waals surface area contributed by atoms with Crippen molar-refractivity contribution in [2.24, 2.45) is 11.3 Å². The van der Waals surface area contributed by atoms with Gasteiger partial charge >= 0.3 is 0 Å². The van der Waals surface area contributed by atoms with Crippen LogP contribution in [0.2, 0.25) is 0 Å². The van der Waals surface area contributed by atoms with Gasteiger partial charge in [-0.15, -0.1) is 11.6 Å². The van der Waals surface area contributed by atoms with E-state index in [0.29, 0.717) is 5.41 Å². The van der Waals surface area contributed by atoms with E-state index in [-0.39, 0.29) is 0 Å². The summed E-state index contributed by atoms with van der Waals surface area (Å²) in [5.74, 6) is 0.729. The van der Waals surface area contributed by atoms with E-state index in [0.717, 1.165) is 31.6 Å². The molecule has 0 aromatic heterocycles. The molecule has 0 heterocycles. The topological polar surface area (TPSA) is 23.8 Å². The van der Waals surface area contributed by atoms with Gasteiger partial charge in [0, 0.05) is 0 Å². The van der Waals surface area contributed by atoms with Gasteiger partial charge in [-0.25, -0.2) is 0 Å². The molecule has 1 aliphatic rings. The van der Waals surface area contributed by atoms with Gasteiger partial charge in [0.15, 0.2) is 0 Å². The first-order valence-corrected chi connectivity index (χ1v) is 5.35. The Bertz CT molecular complexity index is 213. The van der Waals surface area contributed by atoms with Crippen molar-refractivity contribution in [3.8, 4) is 6.07 Å². The minimum absolute atomic E-state index is 0.369. The fraction of sp³-hybridized carbons (Fsp3) is 0.909. The van der Waals surface area contributed by atoms with Gasteiger partial charge in [0.05, 0.1) is 6.07 Å². The Balaban J connectivity index is 2.54. The van der Waals surface area contributed by atoms with Gasteiger partial charge in [0.1, 0.15) is 4.87 Å². The van der Waals surface area contributed by atoms with E-state index in [4.69, 9.17) is 16.9 Å². The van der Waals surface area contributed by atoms with Crippen molar-refractivity contribution in [2.75, 3.05) is 0 Å². The summed E-state index contributed by atoms with van der Waals surface area (Å²) in [6.45, 7) is 6.81. The quantitative estimate of drug-likeness (QED) is 0.546. The zero-order valence-electron chi connectivity index (χ0n) is 8.73. The molecule has 1 saturated carbocycles. The predicted molar refractivity (Wildman–Crippen MR) is 55.6 cm³/mol. The lowest BCUT2D eigenvalue weighted by Gasteiger charge is -2.37.